The first-order valence-corrected chi connectivity index (χ1v) is 13.9. The fraction of sp³-hybridized carbons (Fsp3) is 0.346. The molecule has 2 bridgehead atoms. The lowest BCUT2D eigenvalue weighted by Crippen LogP contribution is -2.42. The summed E-state index contributed by atoms with van der Waals surface area (Å²) in [5, 5.41) is 22.1. The Morgan fingerprint density at radius 1 is 1.08 bits per heavy atom. The van der Waals surface area contributed by atoms with Gasteiger partial charge in [0.1, 0.15) is 0 Å². The monoisotopic (exact) mass is 551 g/mol. The number of carbonyl (C=O) groups is 2. The Morgan fingerprint density at radius 3 is 2.47 bits per heavy atom. The number of fused-ring (bicyclic) bond motifs is 9. The number of aromatic hydroxyl groups is 1. The summed E-state index contributed by atoms with van der Waals surface area (Å²) in [6.07, 6.45) is 0.744. The summed E-state index contributed by atoms with van der Waals surface area (Å²) in [6, 6.07) is 10.7. The number of imide groups is 1. The summed E-state index contributed by atoms with van der Waals surface area (Å²) >= 11 is 2.76. The van der Waals surface area contributed by atoms with Crippen LogP contribution in [0.1, 0.15) is 22.8 Å². The van der Waals surface area contributed by atoms with Crippen LogP contribution >= 0.6 is 23.1 Å². The van der Waals surface area contributed by atoms with Gasteiger partial charge in [-0.25, -0.2) is 0 Å². The molecule has 2 N–H and O–H groups in total. The standard InChI is InChI=1S/C26H21N3O7S2/c1-36-16-8-10(2-7-15(16)30)17-18-13-9-14(21(18)37-23-22(17)38-26(33)27-23)20-19(13)24(31)28(25(20)32)11-3-5-12(6-4-11)29(34)35/h2-8,13-14,17-21,30H,9H2,1H3,(H,27,33)/t13-,14-,17?,18?,19?,20?,21?/m1/s1. The number of hydrogen-bond donors (Lipinski definition) is 2. The zero-order valence-corrected chi connectivity index (χ0v) is 21.5. The highest BCUT2D eigenvalue weighted by molar-refractivity contribution is 8.00. The van der Waals surface area contributed by atoms with Gasteiger partial charge in [0.2, 0.25) is 11.8 Å². The van der Waals surface area contributed by atoms with Gasteiger partial charge in [0.15, 0.2) is 11.5 Å². The number of carbonyl (C=O) groups excluding carboxylic acids is 2. The van der Waals surface area contributed by atoms with Crippen molar-refractivity contribution in [2.24, 2.45) is 29.6 Å². The highest BCUT2D eigenvalue weighted by Gasteiger charge is 2.69. The van der Waals surface area contributed by atoms with Crippen molar-refractivity contribution >= 4 is 46.3 Å². The Kier molecular flexibility index (Phi) is 5.05. The number of ether oxygens (including phenoxy) is 1. The van der Waals surface area contributed by atoms with Crippen molar-refractivity contribution in [3.05, 3.63) is 72.7 Å². The minimum absolute atomic E-state index is 0.00742. The maximum atomic E-state index is 13.8. The number of amides is 2. The number of nitrogens with zero attached hydrogens (tertiary/aromatic N) is 2. The number of phenolic OH excluding ortho intramolecular Hbond substituents is 1. The van der Waals surface area contributed by atoms with E-state index in [-0.39, 0.29) is 57.0 Å². The van der Waals surface area contributed by atoms with Crippen molar-refractivity contribution in [2.45, 2.75) is 22.6 Å². The number of phenols is 1. The second-order valence-electron chi connectivity index (χ2n) is 10.2. The van der Waals surface area contributed by atoms with Gasteiger partial charge in [0, 0.05) is 28.2 Å². The van der Waals surface area contributed by atoms with Crippen LogP contribution in [-0.4, -0.2) is 39.2 Å². The molecule has 2 aromatic carbocycles. The Bertz CT molecular complexity index is 1580. The number of methoxy groups -OCH3 is 1. The van der Waals surface area contributed by atoms with E-state index in [2.05, 4.69) is 4.98 Å². The maximum absolute atomic E-state index is 13.8. The molecule has 3 heterocycles. The molecule has 4 aliphatic rings. The van der Waals surface area contributed by atoms with Crippen molar-refractivity contribution in [3.63, 3.8) is 0 Å². The molecule has 38 heavy (non-hydrogen) atoms. The van der Waals surface area contributed by atoms with E-state index in [0.29, 0.717) is 11.4 Å². The van der Waals surface area contributed by atoms with E-state index in [9.17, 15) is 29.6 Å². The van der Waals surface area contributed by atoms with Crippen molar-refractivity contribution in [3.8, 4) is 11.5 Å². The Hall–Kier alpha value is -3.64. The molecule has 7 rings (SSSR count). The molecular formula is C26H21N3O7S2. The Labute approximate surface area is 223 Å². The van der Waals surface area contributed by atoms with Gasteiger partial charge in [-0.2, -0.15) is 0 Å². The van der Waals surface area contributed by atoms with E-state index in [1.165, 1.54) is 36.3 Å². The number of nitro groups is 1. The Morgan fingerprint density at radius 2 is 1.79 bits per heavy atom. The maximum Gasteiger partial charge on any atom is 0.305 e. The van der Waals surface area contributed by atoms with Crippen molar-refractivity contribution in [1.82, 2.24) is 4.98 Å². The number of thioether (sulfide) groups is 1. The summed E-state index contributed by atoms with van der Waals surface area (Å²) in [6.45, 7) is 0. The fourth-order valence-electron chi connectivity index (χ4n) is 7.26. The molecule has 7 atom stereocenters. The minimum atomic E-state index is -0.518. The lowest BCUT2D eigenvalue weighted by Gasteiger charge is -2.43. The molecule has 194 valence electrons. The van der Waals surface area contributed by atoms with Crippen molar-refractivity contribution in [1.29, 1.82) is 0 Å². The second-order valence-corrected chi connectivity index (χ2v) is 12.4. The van der Waals surface area contributed by atoms with Gasteiger partial charge in [0.05, 0.1) is 34.6 Å². The number of nitrogens with one attached hydrogen (secondary N) is 1. The number of thiazole rings is 1. The van der Waals surface area contributed by atoms with Crippen LogP contribution < -0.4 is 14.5 Å². The third kappa shape index (κ3) is 3.10. The SMILES string of the molecule is COc1cc(C2c3sc(=O)[nH]c3SC3C2[C@H]2C[C@@H]3C3C(=O)N(c4ccc([N+](=O)[O-])cc4)C(=O)C32)ccc1O. The van der Waals surface area contributed by atoms with E-state index >= 15 is 0 Å². The van der Waals surface area contributed by atoms with Gasteiger partial charge in [-0.15, -0.1) is 11.8 Å². The van der Waals surface area contributed by atoms with Crippen molar-refractivity contribution in [2.75, 3.05) is 12.0 Å². The first kappa shape index (κ1) is 23.5. The second kappa shape index (κ2) is 8.18. The largest absolute Gasteiger partial charge is 0.504 e. The first-order chi connectivity index (χ1) is 18.3. The lowest BCUT2D eigenvalue weighted by molar-refractivity contribution is -0.384. The summed E-state index contributed by atoms with van der Waals surface area (Å²) in [5.74, 6) is -1.41. The third-order valence-corrected chi connectivity index (χ3v) is 11.2. The number of benzene rings is 2. The van der Waals surface area contributed by atoms with Crippen LogP contribution in [0.4, 0.5) is 11.4 Å². The van der Waals surface area contributed by atoms with Crippen LogP contribution in [0.5, 0.6) is 11.5 Å². The number of aromatic amines is 1. The molecule has 10 nitrogen and oxygen atoms in total. The highest BCUT2D eigenvalue weighted by Crippen LogP contribution is 2.68. The molecule has 0 spiro atoms. The highest BCUT2D eigenvalue weighted by atomic mass is 32.2. The number of anilines is 1. The molecule has 0 radical (unpaired) electrons. The summed E-state index contributed by atoms with van der Waals surface area (Å²) < 4.78 is 5.36. The van der Waals surface area contributed by atoms with Gasteiger partial charge < -0.3 is 14.8 Å². The quantitative estimate of drug-likeness (QED) is 0.284. The van der Waals surface area contributed by atoms with Crippen LogP contribution in [0.25, 0.3) is 0 Å². The molecule has 2 amide bonds. The summed E-state index contributed by atoms with van der Waals surface area (Å²) in [7, 11) is 1.48. The third-order valence-electron chi connectivity index (χ3n) is 8.61. The molecule has 3 fully saturated rings. The first-order valence-electron chi connectivity index (χ1n) is 12.2. The molecule has 2 saturated carbocycles. The Balaban J connectivity index is 1.30. The van der Waals surface area contributed by atoms with Gasteiger partial charge >= 0.3 is 4.87 Å². The fourth-order valence-corrected chi connectivity index (χ4v) is 10.1. The number of hydrogen-bond acceptors (Lipinski definition) is 9. The van der Waals surface area contributed by atoms with Crippen LogP contribution in [0, 0.1) is 39.7 Å². The molecule has 1 aromatic heterocycles. The molecule has 1 saturated heterocycles. The molecular weight excluding hydrogens is 530 g/mol. The lowest BCUT2D eigenvalue weighted by atomic mass is 9.68. The summed E-state index contributed by atoms with van der Waals surface area (Å²) in [4.78, 5) is 55.3. The summed E-state index contributed by atoms with van der Waals surface area (Å²) in [5.41, 5.74) is 1.13. The van der Waals surface area contributed by atoms with E-state index in [0.717, 1.165) is 33.2 Å². The normalized spacial score (nSPS) is 30.8. The van der Waals surface area contributed by atoms with E-state index < -0.39 is 16.8 Å². The van der Waals surface area contributed by atoms with Crippen LogP contribution in [0.15, 0.2) is 52.3 Å². The number of nitro benzene ring substituents is 1. The number of aromatic nitrogens is 1. The molecule has 2 aliphatic carbocycles. The number of rotatable bonds is 4. The van der Waals surface area contributed by atoms with Crippen LogP contribution in [-0.2, 0) is 9.59 Å². The van der Waals surface area contributed by atoms with Gasteiger partial charge in [-0.05, 0) is 54.0 Å². The predicted molar refractivity (Wildman–Crippen MR) is 139 cm³/mol. The van der Waals surface area contributed by atoms with Gasteiger partial charge in [-0.3, -0.25) is 29.4 Å². The van der Waals surface area contributed by atoms with E-state index in [1.54, 1.807) is 23.9 Å². The molecule has 2 aliphatic heterocycles. The van der Waals surface area contributed by atoms with Gasteiger partial charge in [-0.1, -0.05) is 17.4 Å². The molecule has 5 unspecified atom stereocenters. The zero-order valence-electron chi connectivity index (χ0n) is 19.9. The van der Waals surface area contributed by atoms with E-state index in [1.807, 2.05) is 6.07 Å². The average Bonchev–Trinajstić information content (AvgIpc) is 3.63. The molecule has 12 heteroatoms. The van der Waals surface area contributed by atoms with Crippen molar-refractivity contribution < 1.29 is 24.4 Å². The van der Waals surface area contributed by atoms with Crippen LogP contribution in [0.3, 0.4) is 0 Å². The van der Waals surface area contributed by atoms with Gasteiger partial charge in [0.25, 0.3) is 5.69 Å². The zero-order chi connectivity index (χ0) is 26.5. The van der Waals surface area contributed by atoms with E-state index in [4.69, 9.17) is 4.74 Å². The number of H-pyrrole nitrogens is 1. The smallest absolute Gasteiger partial charge is 0.305 e. The molecule has 3 aromatic rings. The topological polar surface area (TPSA) is 143 Å². The van der Waals surface area contributed by atoms with Crippen LogP contribution in [0.2, 0.25) is 0 Å². The predicted octanol–water partition coefficient (Wildman–Crippen LogP) is 3.74. The number of non-ortho nitro benzene ring substituents is 1. The average molecular weight is 552 g/mol. The minimum Gasteiger partial charge on any atom is -0.504 e.